The lowest BCUT2D eigenvalue weighted by atomic mass is 9.99. The van der Waals surface area contributed by atoms with Crippen molar-refractivity contribution in [3.8, 4) is 0 Å². The van der Waals surface area contributed by atoms with Gasteiger partial charge in [-0.3, -0.25) is 0 Å². The second kappa shape index (κ2) is 6.94. The van der Waals surface area contributed by atoms with Crippen molar-refractivity contribution in [1.29, 1.82) is 0 Å². The van der Waals surface area contributed by atoms with Crippen molar-refractivity contribution in [1.82, 2.24) is 5.32 Å². The maximum absolute atomic E-state index is 13.1. The molecular formula is C17H18F3NO. The van der Waals surface area contributed by atoms with Gasteiger partial charge in [-0.1, -0.05) is 48.5 Å². The first-order chi connectivity index (χ1) is 10.4. The Kier molecular flexibility index (Phi) is 5.21. The highest BCUT2D eigenvalue weighted by Gasteiger charge is 2.34. The van der Waals surface area contributed by atoms with Gasteiger partial charge in [-0.2, -0.15) is 13.2 Å². The van der Waals surface area contributed by atoms with Crippen LogP contribution in [0.2, 0.25) is 0 Å². The standard InChI is InChI=1S/C17H18F3NO/c1-12(14-9-5-6-10-15(14)17(18,19)20)21-16(11-22)13-7-3-2-4-8-13/h2-10,12,16,21-22H,11H2,1H3. The van der Waals surface area contributed by atoms with Gasteiger partial charge in [0.25, 0.3) is 0 Å². The van der Waals surface area contributed by atoms with Crippen molar-refractivity contribution < 1.29 is 18.3 Å². The van der Waals surface area contributed by atoms with Crippen LogP contribution in [-0.4, -0.2) is 11.7 Å². The summed E-state index contributed by atoms with van der Waals surface area (Å²) in [6.07, 6.45) is -4.39. The minimum Gasteiger partial charge on any atom is -0.394 e. The number of aliphatic hydroxyl groups is 1. The number of hydrogen-bond acceptors (Lipinski definition) is 2. The van der Waals surface area contributed by atoms with Crippen LogP contribution in [0.5, 0.6) is 0 Å². The zero-order valence-corrected chi connectivity index (χ0v) is 12.1. The van der Waals surface area contributed by atoms with Gasteiger partial charge in [0.2, 0.25) is 0 Å². The van der Waals surface area contributed by atoms with E-state index in [0.29, 0.717) is 0 Å². The van der Waals surface area contributed by atoms with Crippen molar-refractivity contribution in [2.24, 2.45) is 0 Å². The average molecular weight is 309 g/mol. The van der Waals surface area contributed by atoms with E-state index in [1.165, 1.54) is 12.1 Å². The van der Waals surface area contributed by atoms with Crippen molar-refractivity contribution in [3.05, 3.63) is 71.3 Å². The summed E-state index contributed by atoms with van der Waals surface area (Å²) < 4.78 is 39.2. The van der Waals surface area contributed by atoms with Crippen molar-refractivity contribution in [3.63, 3.8) is 0 Å². The SMILES string of the molecule is CC(NC(CO)c1ccccc1)c1ccccc1C(F)(F)F. The van der Waals surface area contributed by atoms with E-state index >= 15 is 0 Å². The highest BCUT2D eigenvalue weighted by atomic mass is 19.4. The first-order valence-electron chi connectivity index (χ1n) is 7.01. The molecule has 2 atom stereocenters. The van der Waals surface area contributed by atoms with Crippen molar-refractivity contribution >= 4 is 0 Å². The molecule has 118 valence electrons. The Balaban J connectivity index is 2.24. The molecule has 0 aromatic heterocycles. The second-order valence-corrected chi connectivity index (χ2v) is 5.12. The third-order valence-electron chi connectivity index (χ3n) is 3.57. The largest absolute Gasteiger partial charge is 0.416 e. The molecule has 2 aromatic carbocycles. The predicted octanol–water partition coefficient (Wildman–Crippen LogP) is 4.09. The summed E-state index contributed by atoms with van der Waals surface area (Å²) in [5.41, 5.74) is 0.352. The average Bonchev–Trinajstić information content (AvgIpc) is 2.52. The molecule has 22 heavy (non-hydrogen) atoms. The molecule has 0 saturated heterocycles. The fourth-order valence-corrected chi connectivity index (χ4v) is 2.46. The minimum absolute atomic E-state index is 0.171. The number of benzene rings is 2. The molecule has 0 aliphatic carbocycles. The van der Waals surface area contributed by atoms with E-state index < -0.39 is 23.8 Å². The summed E-state index contributed by atoms with van der Waals surface area (Å²) in [5, 5.41) is 12.6. The number of hydrogen-bond donors (Lipinski definition) is 2. The number of aliphatic hydroxyl groups excluding tert-OH is 1. The molecule has 2 unspecified atom stereocenters. The van der Waals surface area contributed by atoms with Crippen LogP contribution >= 0.6 is 0 Å². The molecule has 2 nitrogen and oxygen atoms in total. The van der Waals surface area contributed by atoms with E-state index in [1.54, 1.807) is 13.0 Å². The molecule has 0 aliphatic rings. The molecule has 0 aliphatic heterocycles. The molecule has 0 fully saturated rings. The van der Waals surface area contributed by atoms with Crippen LogP contribution < -0.4 is 5.32 Å². The van der Waals surface area contributed by atoms with Gasteiger partial charge < -0.3 is 10.4 Å². The highest BCUT2D eigenvalue weighted by Crippen LogP contribution is 2.35. The highest BCUT2D eigenvalue weighted by molar-refractivity contribution is 5.32. The quantitative estimate of drug-likeness (QED) is 0.872. The lowest BCUT2D eigenvalue weighted by Gasteiger charge is -2.24. The molecule has 5 heteroatoms. The van der Waals surface area contributed by atoms with Crippen LogP contribution in [-0.2, 0) is 6.18 Å². The van der Waals surface area contributed by atoms with Crippen molar-refractivity contribution in [2.75, 3.05) is 6.61 Å². The number of nitrogens with one attached hydrogen (secondary N) is 1. The van der Waals surface area contributed by atoms with E-state index in [9.17, 15) is 18.3 Å². The Morgan fingerprint density at radius 2 is 1.59 bits per heavy atom. The van der Waals surface area contributed by atoms with Crippen LogP contribution in [0.25, 0.3) is 0 Å². The van der Waals surface area contributed by atoms with Gasteiger partial charge in [0.05, 0.1) is 18.2 Å². The first kappa shape index (κ1) is 16.5. The van der Waals surface area contributed by atoms with Crippen LogP contribution in [0.3, 0.4) is 0 Å². The van der Waals surface area contributed by atoms with Gasteiger partial charge in [-0.05, 0) is 24.1 Å². The van der Waals surface area contributed by atoms with Crippen LogP contribution in [0, 0.1) is 0 Å². The van der Waals surface area contributed by atoms with Gasteiger partial charge in [-0.25, -0.2) is 0 Å². The first-order valence-corrected chi connectivity index (χ1v) is 7.01. The Morgan fingerprint density at radius 3 is 2.18 bits per heavy atom. The number of alkyl halides is 3. The maximum Gasteiger partial charge on any atom is 0.416 e. The zero-order chi connectivity index (χ0) is 16.2. The van der Waals surface area contributed by atoms with Gasteiger partial charge >= 0.3 is 6.18 Å². The number of rotatable bonds is 5. The number of halogens is 3. The summed E-state index contributed by atoms with van der Waals surface area (Å²) in [6.45, 7) is 1.47. The molecule has 0 bridgehead atoms. The molecule has 0 heterocycles. The van der Waals surface area contributed by atoms with Gasteiger partial charge in [0, 0.05) is 6.04 Å². The van der Waals surface area contributed by atoms with Gasteiger partial charge in [0.15, 0.2) is 0 Å². The third kappa shape index (κ3) is 3.87. The van der Waals surface area contributed by atoms with E-state index in [2.05, 4.69) is 5.32 Å². The summed E-state index contributed by atoms with van der Waals surface area (Å²) in [7, 11) is 0. The van der Waals surface area contributed by atoms with E-state index in [4.69, 9.17) is 0 Å². The summed E-state index contributed by atoms with van der Waals surface area (Å²) in [6, 6.07) is 13.7. The van der Waals surface area contributed by atoms with E-state index in [1.807, 2.05) is 30.3 Å². The summed E-state index contributed by atoms with van der Waals surface area (Å²) >= 11 is 0. The molecule has 0 spiro atoms. The molecule has 2 N–H and O–H groups in total. The Morgan fingerprint density at radius 1 is 1.00 bits per heavy atom. The Hall–Kier alpha value is -1.85. The molecule has 2 rings (SSSR count). The topological polar surface area (TPSA) is 32.3 Å². The smallest absolute Gasteiger partial charge is 0.394 e. The van der Waals surface area contributed by atoms with Crippen LogP contribution in [0.15, 0.2) is 54.6 Å². The lowest BCUT2D eigenvalue weighted by Crippen LogP contribution is -2.28. The fourth-order valence-electron chi connectivity index (χ4n) is 2.46. The zero-order valence-electron chi connectivity index (χ0n) is 12.1. The van der Waals surface area contributed by atoms with E-state index in [0.717, 1.165) is 11.6 Å². The Bertz CT molecular complexity index is 598. The molecule has 0 saturated carbocycles. The molecule has 2 aromatic rings. The van der Waals surface area contributed by atoms with Crippen LogP contribution in [0.4, 0.5) is 13.2 Å². The normalized spacial score (nSPS) is 14.6. The predicted molar refractivity (Wildman–Crippen MR) is 79.3 cm³/mol. The molecular weight excluding hydrogens is 291 g/mol. The maximum atomic E-state index is 13.1. The summed E-state index contributed by atoms with van der Waals surface area (Å²) in [5.74, 6) is 0. The monoisotopic (exact) mass is 309 g/mol. The lowest BCUT2D eigenvalue weighted by molar-refractivity contribution is -0.138. The van der Waals surface area contributed by atoms with Crippen LogP contribution in [0.1, 0.15) is 35.7 Å². The van der Waals surface area contributed by atoms with Gasteiger partial charge in [0.1, 0.15) is 0 Å². The molecule has 0 radical (unpaired) electrons. The van der Waals surface area contributed by atoms with E-state index in [-0.39, 0.29) is 12.2 Å². The molecule has 0 amide bonds. The third-order valence-corrected chi connectivity index (χ3v) is 3.57. The summed E-state index contributed by atoms with van der Waals surface area (Å²) in [4.78, 5) is 0. The van der Waals surface area contributed by atoms with Crippen molar-refractivity contribution in [2.45, 2.75) is 25.2 Å². The second-order valence-electron chi connectivity index (χ2n) is 5.12. The fraction of sp³-hybridized carbons (Fsp3) is 0.294. The van der Waals surface area contributed by atoms with Gasteiger partial charge in [-0.15, -0.1) is 0 Å². The minimum atomic E-state index is -4.39. The Labute approximate surface area is 127 Å².